The molecule has 2 heterocycles. The van der Waals surface area contributed by atoms with Gasteiger partial charge < -0.3 is 10.6 Å². The number of likely N-dealkylation sites (N-methyl/N-ethyl adjacent to an activating group) is 1. The van der Waals surface area contributed by atoms with E-state index in [2.05, 4.69) is 25.6 Å². The van der Waals surface area contributed by atoms with E-state index >= 15 is 0 Å². The number of hydrogen-bond acceptors (Lipinski definition) is 6. The number of hydrogen-bond donors (Lipinski definition) is 2. The Morgan fingerprint density at radius 1 is 1.29 bits per heavy atom. The lowest BCUT2D eigenvalue weighted by Gasteiger charge is -2.10. The van der Waals surface area contributed by atoms with Gasteiger partial charge in [-0.3, -0.25) is 4.79 Å². The molecule has 2 N–H and O–H groups in total. The van der Waals surface area contributed by atoms with Gasteiger partial charge in [0.1, 0.15) is 4.88 Å². The highest BCUT2D eigenvalue weighted by molar-refractivity contribution is 7.16. The van der Waals surface area contributed by atoms with Crippen LogP contribution in [-0.4, -0.2) is 40.5 Å². The van der Waals surface area contributed by atoms with E-state index in [0.29, 0.717) is 22.3 Å². The van der Waals surface area contributed by atoms with Crippen molar-refractivity contribution in [1.82, 2.24) is 25.6 Å². The first kappa shape index (κ1) is 19.7. The number of aromatic nitrogens is 3. The molecule has 0 fully saturated rings. The summed E-state index contributed by atoms with van der Waals surface area (Å²) in [5.74, 6) is 0.414. The van der Waals surface area contributed by atoms with Crippen LogP contribution in [0.4, 0.5) is 0 Å². The predicted molar refractivity (Wildman–Crippen MR) is 88.5 cm³/mol. The average Bonchev–Trinajstić information content (AvgIpc) is 2.95. The molecule has 6 nitrogen and oxygen atoms in total. The summed E-state index contributed by atoms with van der Waals surface area (Å²) < 4.78 is 0. The zero-order valence-electron chi connectivity index (χ0n) is 11.6. The van der Waals surface area contributed by atoms with E-state index in [9.17, 15) is 4.79 Å². The molecule has 9 heteroatoms. The van der Waals surface area contributed by atoms with Crippen LogP contribution in [0, 0.1) is 0 Å². The number of nitrogens with zero attached hydrogens (tertiary/aromatic N) is 3. The largest absolute Gasteiger partial charge is 0.350 e. The third kappa shape index (κ3) is 5.55. The summed E-state index contributed by atoms with van der Waals surface area (Å²) in [4.78, 5) is 24.8. The standard InChI is InChI=1S/C12H15N5OS.2ClH/c1-8(13-2)6-16-11(18)9-7-17-12(19-9)10-14-4-3-5-15-10;;/h3-5,7-8,13H,6H2,1-2H3,(H,16,18);2*1H. The van der Waals surface area contributed by atoms with Gasteiger partial charge in [0, 0.05) is 25.0 Å². The molecule has 0 bridgehead atoms. The van der Waals surface area contributed by atoms with Crippen molar-refractivity contribution in [2.24, 2.45) is 0 Å². The van der Waals surface area contributed by atoms with E-state index in [1.807, 2.05) is 14.0 Å². The molecule has 0 saturated carbocycles. The molecule has 2 aromatic rings. The number of amides is 1. The van der Waals surface area contributed by atoms with Gasteiger partial charge >= 0.3 is 0 Å². The van der Waals surface area contributed by atoms with Crippen LogP contribution in [0.2, 0.25) is 0 Å². The van der Waals surface area contributed by atoms with E-state index in [1.54, 1.807) is 24.7 Å². The van der Waals surface area contributed by atoms with Crippen molar-refractivity contribution in [2.75, 3.05) is 13.6 Å². The Morgan fingerprint density at radius 3 is 2.57 bits per heavy atom. The maximum Gasteiger partial charge on any atom is 0.263 e. The average molecular weight is 350 g/mol. The minimum atomic E-state index is -0.123. The van der Waals surface area contributed by atoms with Gasteiger partial charge in [0.05, 0.1) is 6.20 Å². The second kappa shape index (κ2) is 9.62. The number of rotatable bonds is 5. The molecule has 116 valence electrons. The number of thiazole rings is 1. The van der Waals surface area contributed by atoms with Gasteiger partial charge in [0.25, 0.3) is 5.91 Å². The molecule has 0 radical (unpaired) electrons. The fraction of sp³-hybridized carbons (Fsp3) is 0.333. The highest BCUT2D eigenvalue weighted by Crippen LogP contribution is 2.21. The van der Waals surface area contributed by atoms with Gasteiger partial charge in [0.2, 0.25) is 0 Å². The summed E-state index contributed by atoms with van der Waals surface area (Å²) in [6.07, 6.45) is 4.85. The first-order valence-electron chi connectivity index (χ1n) is 5.89. The van der Waals surface area contributed by atoms with Gasteiger partial charge in [-0.15, -0.1) is 36.2 Å². The van der Waals surface area contributed by atoms with E-state index in [4.69, 9.17) is 0 Å². The SMILES string of the molecule is CNC(C)CNC(=O)c1cnc(-c2ncccn2)s1.Cl.Cl. The lowest BCUT2D eigenvalue weighted by atomic mass is 10.3. The van der Waals surface area contributed by atoms with Crippen molar-refractivity contribution in [1.29, 1.82) is 0 Å². The van der Waals surface area contributed by atoms with Crippen molar-refractivity contribution in [2.45, 2.75) is 13.0 Å². The van der Waals surface area contributed by atoms with Crippen LogP contribution in [0.5, 0.6) is 0 Å². The third-order valence-electron chi connectivity index (χ3n) is 2.55. The molecule has 2 aromatic heterocycles. The smallest absolute Gasteiger partial charge is 0.263 e. The van der Waals surface area contributed by atoms with E-state index in [1.165, 1.54) is 11.3 Å². The number of halogens is 2. The van der Waals surface area contributed by atoms with Crippen molar-refractivity contribution >= 4 is 42.1 Å². The molecule has 21 heavy (non-hydrogen) atoms. The summed E-state index contributed by atoms with van der Waals surface area (Å²) in [5, 5.41) is 6.54. The molecule has 1 amide bonds. The maximum absolute atomic E-state index is 11.9. The highest BCUT2D eigenvalue weighted by Gasteiger charge is 2.13. The molecule has 1 atom stereocenters. The lowest BCUT2D eigenvalue weighted by molar-refractivity contribution is 0.0954. The van der Waals surface area contributed by atoms with Gasteiger partial charge in [-0.2, -0.15) is 0 Å². The second-order valence-corrected chi connectivity index (χ2v) is 5.03. The summed E-state index contributed by atoms with van der Waals surface area (Å²) in [6.45, 7) is 2.57. The Balaban J connectivity index is 0.00000200. The molecule has 0 saturated heterocycles. The van der Waals surface area contributed by atoms with Crippen molar-refractivity contribution in [3.63, 3.8) is 0 Å². The minimum absolute atomic E-state index is 0. The quantitative estimate of drug-likeness (QED) is 0.859. The summed E-state index contributed by atoms with van der Waals surface area (Å²) in [7, 11) is 1.86. The minimum Gasteiger partial charge on any atom is -0.350 e. The van der Waals surface area contributed by atoms with E-state index in [0.717, 1.165) is 0 Å². The fourth-order valence-electron chi connectivity index (χ4n) is 1.33. The Kier molecular flexibility index (Phi) is 9.03. The number of carbonyl (C=O) groups is 1. The van der Waals surface area contributed by atoms with Gasteiger partial charge in [-0.25, -0.2) is 15.0 Å². The second-order valence-electron chi connectivity index (χ2n) is 4.00. The Morgan fingerprint density at radius 2 is 1.95 bits per heavy atom. The summed E-state index contributed by atoms with van der Waals surface area (Å²) in [5.41, 5.74) is 0. The predicted octanol–water partition coefficient (Wildman–Crippen LogP) is 1.78. The van der Waals surface area contributed by atoms with Gasteiger partial charge in [-0.05, 0) is 20.0 Å². The van der Waals surface area contributed by atoms with Crippen LogP contribution >= 0.6 is 36.2 Å². The Hall–Kier alpha value is -1.28. The van der Waals surface area contributed by atoms with Crippen LogP contribution in [0.3, 0.4) is 0 Å². The monoisotopic (exact) mass is 349 g/mol. The van der Waals surface area contributed by atoms with Crippen LogP contribution < -0.4 is 10.6 Å². The molecule has 0 aliphatic rings. The summed E-state index contributed by atoms with van der Waals surface area (Å²) >= 11 is 1.28. The van der Waals surface area contributed by atoms with Crippen LogP contribution in [0.1, 0.15) is 16.6 Å². The van der Waals surface area contributed by atoms with E-state index < -0.39 is 0 Å². The first-order valence-corrected chi connectivity index (χ1v) is 6.71. The number of nitrogens with one attached hydrogen (secondary N) is 2. The molecule has 0 aromatic carbocycles. The van der Waals surface area contributed by atoms with Crippen LogP contribution in [0.25, 0.3) is 10.8 Å². The molecular weight excluding hydrogens is 333 g/mol. The zero-order chi connectivity index (χ0) is 13.7. The van der Waals surface area contributed by atoms with Crippen LogP contribution in [0.15, 0.2) is 24.7 Å². The fourth-order valence-corrected chi connectivity index (χ4v) is 2.11. The van der Waals surface area contributed by atoms with Crippen molar-refractivity contribution in [3.8, 4) is 10.8 Å². The van der Waals surface area contributed by atoms with Gasteiger partial charge in [-0.1, -0.05) is 0 Å². The summed E-state index contributed by atoms with van der Waals surface area (Å²) in [6, 6.07) is 1.97. The lowest BCUT2D eigenvalue weighted by Crippen LogP contribution is -2.36. The van der Waals surface area contributed by atoms with Crippen molar-refractivity contribution < 1.29 is 4.79 Å². The normalized spacial score (nSPS) is 11.0. The maximum atomic E-state index is 11.9. The topological polar surface area (TPSA) is 79.8 Å². The molecule has 0 aliphatic heterocycles. The van der Waals surface area contributed by atoms with Crippen molar-refractivity contribution in [3.05, 3.63) is 29.5 Å². The Bertz CT molecular complexity index is 552. The number of carbonyl (C=O) groups excluding carboxylic acids is 1. The van der Waals surface area contributed by atoms with Gasteiger partial charge in [0.15, 0.2) is 10.8 Å². The molecular formula is C12H17Cl2N5OS. The third-order valence-corrected chi connectivity index (χ3v) is 3.54. The highest BCUT2D eigenvalue weighted by atomic mass is 35.5. The zero-order valence-corrected chi connectivity index (χ0v) is 14.0. The molecule has 2 rings (SSSR count). The molecule has 0 spiro atoms. The molecule has 1 unspecified atom stereocenters. The Labute approximate surface area is 139 Å². The van der Waals surface area contributed by atoms with E-state index in [-0.39, 0.29) is 36.8 Å². The molecule has 0 aliphatic carbocycles. The van der Waals surface area contributed by atoms with Crippen LogP contribution in [-0.2, 0) is 0 Å². The first-order chi connectivity index (χ1) is 9.20.